The third kappa shape index (κ3) is 3.44. The Kier molecular flexibility index (Phi) is 5.18. The van der Waals surface area contributed by atoms with E-state index in [1.807, 2.05) is 6.08 Å². The molecule has 2 aromatic carbocycles. The van der Waals surface area contributed by atoms with Crippen LogP contribution in [0.5, 0.6) is 11.5 Å². The molecule has 3 heterocycles. The van der Waals surface area contributed by atoms with E-state index in [1.54, 1.807) is 48.7 Å². The fourth-order valence-electron chi connectivity index (χ4n) is 6.09. The molecule has 10 heteroatoms. The van der Waals surface area contributed by atoms with E-state index in [2.05, 4.69) is 15.9 Å². The Morgan fingerprint density at radius 3 is 2.59 bits per heavy atom. The summed E-state index contributed by atoms with van der Waals surface area (Å²) in [6, 6.07) is 12.8. The molecule has 194 valence electrons. The van der Waals surface area contributed by atoms with Crippen molar-refractivity contribution in [2.24, 2.45) is 5.92 Å². The van der Waals surface area contributed by atoms with E-state index in [-0.39, 0.29) is 34.8 Å². The number of phenolic OH excluding ortho intramolecular Hbond substituents is 1. The Morgan fingerprint density at radius 2 is 1.79 bits per heavy atom. The topological polar surface area (TPSA) is 113 Å². The minimum atomic E-state index is -0.658. The second-order valence-electron chi connectivity index (χ2n) is 9.88. The molecular weight excluding hydrogens is 566 g/mol. The second-order valence-corrected chi connectivity index (χ2v) is 10.7. The molecule has 0 saturated carbocycles. The first-order chi connectivity index (χ1) is 18.8. The van der Waals surface area contributed by atoms with Gasteiger partial charge in [0.2, 0.25) is 0 Å². The zero-order valence-corrected chi connectivity index (χ0v) is 21.9. The molecule has 4 aliphatic rings. The number of ketones is 2. The predicted molar refractivity (Wildman–Crippen MR) is 144 cm³/mol. The average molecular weight is 586 g/mol. The van der Waals surface area contributed by atoms with E-state index in [1.165, 1.54) is 21.5 Å². The molecule has 39 heavy (non-hydrogen) atoms. The van der Waals surface area contributed by atoms with Crippen LogP contribution in [0, 0.1) is 5.92 Å². The zero-order chi connectivity index (χ0) is 27.0. The Hall–Kier alpha value is -4.44. The van der Waals surface area contributed by atoms with Crippen LogP contribution in [0.25, 0.3) is 5.69 Å². The number of para-hydroxylation sites is 1. The van der Waals surface area contributed by atoms with Crippen molar-refractivity contribution < 1.29 is 19.4 Å². The lowest BCUT2D eigenvalue weighted by Crippen LogP contribution is -2.42. The maximum atomic E-state index is 13.8. The van der Waals surface area contributed by atoms with Gasteiger partial charge in [0.15, 0.2) is 11.6 Å². The van der Waals surface area contributed by atoms with Gasteiger partial charge in [0.1, 0.15) is 11.5 Å². The number of Topliss-reactive ketones (excluding diaryl/α,β-unsaturated/α-hetero) is 1. The quantitative estimate of drug-likeness (QED) is 0.365. The summed E-state index contributed by atoms with van der Waals surface area (Å²) in [4.78, 5) is 53.9. The van der Waals surface area contributed by atoms with E-state index < -0.39 is 23.3 Å². The Morgan fingerprint density at radius 1 is 1.00 bits per heavy atom. The van der Waals surface area contributed by atoms with Crippen LogP contribution >= 0.6 is 15.9 Å². The Bertz CT molecular complexity index is 1870. The van der Waals surface area contributed by atoms with Crippen molar-refractivity contribution in [1.29, 1.82) is 0 Å². The predicted octanol–water partition coefficient (Wildman–Crippen LogP) is 3.25. The molecule has 0 amide bonds. The first-order valence-electron chi connectivity index (χ1n) is 12.4. The molecule has 0 radical (unpaired) electrons. The minimum absolute atomic E-state index is 0.0884. The van der Waals surface area contributed by atoms with Crippen molar-refractivity contribution in [3.05, 3.63) is 120 Å². The highest BCUT2D eigenvalue weighted by Gasteiger charge is 2.46. The fraction of sp³-hybridized carbons (Fsp3) is 0.172. The highest BCUT2D eigenvalue weighted by Crippen LogP contribution is 2.49. The first-order valence-corrected chi connectivity index (χ1v) is 13.2. The summed E-state index contributed by atoms with van der Waals surface area (Å²) in [5.41, 5.74) is 2.34. The van der Waals surface area contributed by atoms with Crippen molar-refractivity contribution in [1.82, 2.24) is 13.9 Å². The van der Waals surface area contributed by atoms with Gasteiger partial charge < -0.3 is 9.84 Å². The van der Waals surface area contributed by atoms with Gasteiger partial charge in [-0.15, -0.1) is 0 Å². The minimum Gasteiger partial charge on any atom is -0.508 e. The number of rotatable bonds is 2. The van der Waals surface area contributed by atoms with Gasteiger partial charge in [-0.2, -0.15) is 0 Å². The monoisotopic (exact) mass is 585 g/mol. The summed E-state index contributed by atoms with van der Waals surface area (Å²) in [7, 11) is 0. The highest BCUT2D eigenvalue weighted by molar-refractivity contribution is 9.12. The van der Waals surface area contributed by atoms with Crippen LogP contribution in [0.15, 0.2) is 103 Å². The van der Waals surface area contributed by atoms with Crippen molar-refractivity contribution >= 4 is 27.5 Å². The molecule has 2 atom stereocenters. The number of carbonyl (C=O) groups is 2. The number of ether oxygens (including phenoxy) is 1. The van der Waals surface area contributed by atoms with Crippen LogP contribution in [0.4, 0.5) is 0 Å². The number of phenols is 1. The molecular formula is C29H20BrN3O6. The maximum Gasteiger partial charge on any atom is 0.352 e. The molecule has 0 unspecified atom stereocenters. The van der Waals surface area contributed by atoms with E-state index in [0.717, 1.165) is 21.3 Å². The maximum absolute atomic E-state index is 13.8. The van der Waals surface area contributed by atoms with Gasteiger partial charge in [-0.25, -0.2) is 23.5 Å². The number of aromatic nitrogens is 3. The van der Waals surface area contributed by atoms with Crippen LogP contribution < -0.4 is 16.1 Å². The van der Waals surface area contributed by atoms with Crippen molar-refractivity contribution in [2.75, 3.05) is 0 Å². The zero-order valence-electron chi connectivity index (χ0n) is 20.3. The molecule has 2 aliphatic carbocycles. The lowest BCUT2D eigenvalue weighted by atomic mass is 9.68. The van der Waals surface area contributed by atoms with Crippen molar-refractivity contribution in [3.8, 4) is 17.2 Å². The van der Waals surface area contributed by atoms with Crippen LogP contribution in [-0.2, 0) is 22.6 Å². The van der Waals surface area contributed by atoms with Gasteiger partial charge in [0.25, 0.3) is 0 Å². The number of halogens is 1. The number of allylic oxidation sites excluding steroid dienone is 7. The molecule has 0 saturated heterocycles. The molecule has 1 N–H and O–H groups in total. The SMILES string of the molecule is O=C1C=C(Br)C(=O)C2=C1[C@@H](C1=COc3ccc(O)cc3C1)C1=CCn3c(=O)n(-c4ccccc4)c(=O)n3[C@@H]1C2. The van der Waals surface area contributed by atoms with E-state index in [9.17, 15) is 24.3 Å². The smallest absolute Gasteiger partial charge is 0.352 e. The summed E-state index contributed by atoms with van der Waals surface area (Å²) in [6.45, 7) is 0.131. The summed E-state index contributed by atoms with van der Waals surface area (Å²) in [6.07, 6.45) is 5.21. The Labute approximate surface area is 229 Å². The summed E-state index contributed by atoms with van der Waals surface area (Å²) in [5, 5.41) is 10.0. The van der Waals surface area contributed by atoms with Gasteiger partial charge in [0.05, 0.1) is 29.0 Å². The van der Waals surface area contributed by atoms with E-state index in [0.29, 0.717) is 29.0 Å². The normalized spacial score (nSPS) is 21.6. The van der Waals surface area contributed by atoms with E-state index in [4.69, 9.17) is 4.74 Å². The highest BCUT2D eigenvalue weighted by atomic mass is 79.9. The third-order valence-corrected chi connectivity index (χ3v) is 8.35. The van der Waals surface area contributed by atoms with Crippen LogP contribution in [0.3, 0.4) is 0 Å². The molecule has 0 fully saturated rings. The Balaban J connectivity index is 1.41. The molecule has 7 rings (SSSR count). The number of benzene rings is 2. The lowest BCUT2D eigenvalue weighted by molar-refractivity contribution is -0.116. The summed E-state index contributed by atoms with van der Waals surface area (Å²) < 4.78 is 9.96. The molecule has 0 spiro atoms. The number of carbonyl (C=O) groups excluding carboxylic acids is 2. The number of fused-ring (bicyclic) bond motifs is 4. The molecule has 2 aliphatic heterocycles. The summed E-state index contributed by atoms with van der Waals surface area (Å²) >= 11 is 3.23. The third-order valence-electron chi connectivity index (χ3n) is 7.76. The number of hydrogen-bond acceptors (Lipinski definition) is 6. The molecule has 0 bridgehead atoms. The second kappa shape index (κ2) is 8.54. The number of nitrogens with zero attached hydrogens (tertiary/aromatic N) is 3. The molecule has 1 aromatic heterocycles. The first kappa shape index (κ1) is 23.7. The van der Waals surface area contributed by atoms with E-state index >= 15 is 0 Å². The fourth-order valence-corrected chi connectivity index (χ4v) is 6.53. The van der Waals surface area contributed by atoms with Gasteiger partial charge in [-0.1, -0.05) is 24.3 Å². The average Bonchev–Trinajstić information content (AvgIpc) is 3.20. The van der Waals surface area contributed by atoms with Gasteiger partial charge in [-0.05, 0) is 57.4 Å². The number of hydrogen-bond donors (Lipinski definition) is 1. The van der Waals surface area contributed by atoms with Crippen LogP contribution in [0.2, 0.25) is 0 Å². The standard InChI is InChI=1S/C29H20BrN3O6/c30-21-13-23(35)26-20(27(21)36)12-22-19(25(26)16-10-15-11-18(34)6-7-24(15)39-14-16)8-9-31-28(37)32(29(38)33(22)31)17-4-2-1-3-5-17/h1-8,11,13-14,22,25,34H,9-10,12H2/t22-,25+/m1/s1. The van der Waals surface area contributed by atoms with Gasteiger partial charge >= 0.3 is 11.4 Å². The lowest BCUT2D eigenvalue weighted by Gasteiger charge is -2.40. The number of aromatic hydroxyl groups is 1. The largest absolute Gasteiger partial charge is 0.508 e. The molecule has 9 nitrogen and oxygen atoms in total. The van der Waals surface area contributed by atoms with Gasteiger partial charge in [-0.3, -0.25) is 9.59 Å². The van der Waals surface area contributed by atoms with Crippen LogP contribution in [0.1, 0.15) is 18.0 Å². The van der Waals surface area contributed by atoms with Crippen molar-refractivity contribution in [2.45, 2.75) is 25.4 Å². The van der Waals surface area contributed by atoms with Crippen LogP contribution in [-0.4, -0.2) is 30.6 Å². The summed E-state index contributed by atoms with van der Waals surface area (Å²) in [5.74, 6) is -0.571. The van der Waals surface area contributed by atoms with Gasteiger partial charge in [0, 0.05) is 41.5 Å². The molecule has 3 aromatic rings. The van der Waals surface area contributed by atoms with Crippen molar-refractivity contribution in [3.63, 3.8) is 0 Å².